The van der Waals surface area contributed by atoms with Gasteiger partial charge in [0.25, 0.3) is 0 Å². The zero-order chi connectivity index (χ0) is 11.1. The molecule has 0 radical (unpaired) electrons. The number of phenolic OH excluding ortho intramolecular Hbond substituents is 1. The predicted octanol–water partition coefficient (Wildman–Crippen LogP) is 1.78. The normalized spacial score (nSPS) is 19.7. The average molecular weight is 207 g/mol. The molecular weight excluding hydrogens is 190 g/mol. The van der Waals surface area contributed by atoms with Crippen LogP contribution >= 0.6 is 0 Å². The summed E-state index contributed by atoms with van der Waals surface area (Å²) in [6, 6.07) is 5.66. The summed E-state index contributed by atoms with van der Waals surface area (Å²) in [6.07, 6.45) is 2.09. The summed E-state index contributed by atoms with van der Waals surface area (Å²) >= 11 is 0. The lowest BCUT2D eigenvalue weighted by atomic mass is 9.88. The molecule has 1 aromatic rings. The third-order valence-electron chi connectivity index (χ3n) is 3.42. The monoisotopic (exact) mass is 207 g/mol. The van der Waals surface area contributed by atoms with Crippen LogP contribution in [-0.4, -0.2) is 18.3 Å². The van der Waals surface area contributed by atoms with Crippen LogP contribution in [0.1, 0.15) is 25.3 Å². The fraction of sp³-hybridized carbons (Fsp3) is 0.500. The van der Waals surface area contributed by atoms with E-state index in [0.29, 0.717) is 5.75 Å². The van der Waals surface area contributed by atoms with Gasteiger partial charge in [-0.25, -0.2) is 0 Å². The van der Waals surface area contributed by atoms with Crippen molar-refractivity contribution in [2.24, 2.45) is 5.73 Å². The lowest BCUT2D eigenvalue weighted by Crippen LogP contribution is -2.31. The first-order valence-electron chi connectivity index (χ1n) is 5.24. The molecule has 1 fully saturated rings. The maximum Gasteiger partial charge on any atom is 0.161 e. The van der Waals surface area contributed by atoms with Crippen molar-refractivity contribution < 1.29 is 9.84 Å². The number of phenols is 1. The Morgan fingerprint density at radius 2 is 2.13 bits per heavy atom. The summed E-state index contributed by atoms with van der Waals surface area (Å²) < 4.78 is 5.10. The van der Waals surface area contributed by atoms with Gasteiger partial charge in [0.2, 0.25) is 0 Å². The van der Waals surface area contributed by atoms with Gasteiger partial charge >= 0.3 is 0 Å². The van der Waals surface area contributed by atoms with Gasteiger partial charge in [-0.3, -0.25) is 0 Å². The second-order valence-electron chi connectivity index (χ2n) is 4.30. The molecule has 1 aliphatic carbocycles. The van der Waals surface area contributed by atoms with E-state index in [2.05, 4.69) is 0 Å². The molecule has 0 aliphatic heterocycles. The molecule has 1 unspecified atom stereocenters. The van der Waals surface area contributed by atoms with E-state index < -0.39 is 0 Å². The quantitative estimate of drug-likeness (QED) is 0.794. The highest BCUT2D eigenvalue weighted by Gasteiger charge is 2.49. The molecule has 15 heavy (non-hydrogen) atoms. The second-order valence-corrected chi connectivity index (χ2v) is 4.30. The molecule has 1 aliphatic rings. The number of methoxy groups -OCH3 is 1. The fourth-order valence-electron chi connectivity index (χ4n) is 2.19. The molecule has 2 rings (SSSR count). The van der Waals surface area contributed by atoms with Crippen LogP contribution in [-0.2, 0) is 5.41 Å². The van der Waals surface area contributed by atoms with Crippen molar-refractivity contribution >= 4 is 0 Å². The van der Waals surface area contributed by atoms with Gasteiger partial charge in [-0.2, -0.15) is 0 Å². The lowest BCUT2D eigenvalue weighted by Gasteiger charge is -2.21. The summed E-state index contributed by atoms with van der Waals surface area (Å²) in [7, 11) is 1.56. The van der Waals surface area contributed by atoms with E-state index in [1.807, 2.05) is 19.1 Å². The molecule has 3 heteroatoms. The molecule has 82 valence electrons. The van der Waals surface area contributed by atoms with Gasteiger partial charge in [0.1, 0.15) is 0 Å². The molecule has 0 saturated heterocycles. The highest BCUT2D eigenvalue weighted by molar-refractivity contribution is 5.51. The number of benzene rings is 1. The van der Waals surface area contributed by atoms with E-state index in [4.69, 9.17) is 10.5 Å². The summed E-state index contributed by atoms with van der Waals surface area (Å²) in [4.78, 5) is 0. The summed E-state index contributed by atoms with van der Waals surface area (Å²) in [5.74, 6) is 0.772. The molecule has 1 saturated carbocycles. The lowest BCUT2D eigenvalue weighted by molar-refractivity contribution is 0.365. The Hall–Kier alpha value is -1.22. The van der Waals surface area contributed by atoms with Crippen molar-refractivity contribution in [1.82, 2.24) is 0 Å². The van der Waals surface area contributed by atoms with E-state index in [1.54, 1.807) is 13.2 Å². The smallest absolute Gasteiger partial charge is 0.161 e. The molecule has 0 amide bonds. The number of ether oxygens (including phenoxy) is 1. The first-order valence-corrected chi connectivity index (χ1v) is 5.24. The molecule has 1 aromatic carbocycles. The molecule has 0 heterocycles. The number of rotatable bonds is 3. The van der Waals surface area contributed by atoms with Crippen molar-refractivity contribution in [2.75, 3.05) is 7.11 Å². The third kappa shape index (κ3) is 1.47. The first-order chi connectivity index (χ1) is 7.12. The van der Waals surface area contributed by atoms with Gasteiger partial charge in [-0.15, -0.1) is 0 Å². The van der Waals surface area contributed by atoms with E-state index in [9.17, 15) is 5.11 Å². The summed E-state index contributed by atoms with van der Waals surface area (Å²) in [5, 5.41) is 10.0. The molecule has 3 nitrogen and oxygen atoms in total. The molecule has 0 bridgehead atoms. The Balaban J connectivity index is 2.45. The Morgan fingerprint density at radius 1 is 1.47 bits per heavy atom. The van der Waals surface area contributed by atoms with Crippen LogP contribution in [0, 0.1) is 0 Å². The molecule has 0 aromatic heterocycles. The topological polar surface area (TPSA) is 55.5 Å². The van der Waals surface area contributed by atoms with Crippen molar-refractivity contribution in [2.45, 2.75) is 31.2 Å². The minimum atomic E-state index is -0.0291. The first kappa shape index (κ1) is 10.3. The highest BCUT2D eigenvalue weighted by Crippen LogP contribution is 2.54. The van der Waals surface area contributed by atoms with Gasteiger partial charge in [-0.05, 0) is 25.8 Å². The molecule has 3 N–H and O–H groups in total. The van der Waals surface area contributed by atoms with Gasteiger partial charge in [-0.1, -0.05) is 12.1 Å². The van der Waals surface area contributed by atoms with Gasteiger partial charge in [0, 0.05) is 17.0 Å². The highest BCUT2D eigenvalue weighted by atomic mass is 16.5. The third-order valence-corrected chi connectivity index (χ3v) is 3.42. The Morgan fingerprint density at radius 3 is 2.60 bits per heavy atom. The second kappa shape index (κ2) is 3.42. The Bertz CT molecular complexity index is 370. The van der Waals surface area contributed by atoms with E-state index in [-0.39, 0.29) is 17.2 Å². The molecule has 0 spiro atoms. The van der Waals surface area contributed by atoms with Crippen molar-refractivity contribution in [3.05, 3.63) is 23.8 Å². The standard InChI is InChI=1S/C12H17NO2/c1-8(13)12(6-7-12)9-4-3-5-10(15-2)11(9)14/h3-5,8,14H,6-7,13H2,1-2H3. The van der Waals surface area contributed by atoms with Crippen LogP contribution in [0.5, 0.6) is 11.5 Å². The largest absolute Gasteiger partial charge is 0.504 e. The number of hydrogen-bond acceptors (Lipinski definition) is 3. The van der Waals surface area contributed by atoms with E-state index >= 15 is 0 Å². The zero-order valence-corrected chi connectivity index (χ0v) is 9.16. The summed E-state index contributed by atoms with van der Waals surface area (Å²) in [5.41, 5.74) is 6.87. The van der Waals surface area contributed by atoms with Crippen LogP contribution in [0.3, 0.4) is 0 Å². The maximum absolute atomic E-state index is 10.0. The predicted molar refractivity (Wildman–Crippen MR) is 59.2 cm³/mol. The summed E-state index contributed by atoms with van der Waals surface area (Å²) in [6.45, 7) is 1.99. The fourth-order valence-corrected chi connectivity index (χ4v) is 2.19. The van der Waals surface area contributed by atoms with E-state index in [1.165, 1.54) is 0 Å². The molecule has 1 atom stereocenters. The number of para-hydroxylation sites is 1. The van der Waals surface area contributed by atoms with Crippen LogP contribution in [0.25, 0.3) is 0 Å². The van der Waals surface area contributed by atoms with Gasteiger partial charge < -0.3 is 15.6 Å². The van der Waals surface area contributed by atoms with Crippen molar-refractivity contribution in [3.63, 3.8) is 0 Å². The average Bonchev–Trinajstić information content (AvgIpc) is 2.99. The van der Waals surface area contributed by atoms with Gasteiger partial charge in [0.15, 0.2) is 11.5 Å². The molecular formula is C12H17NO2. The number of nitrogens with two attached hydrogens (primary N) is 1. The minimum Gasteiger partial charge on any atom is -0.504 e. The number of hydrogen-bond donors (Lipinski definition) is 2. The number of aromatic hydroxyl groups is 1. The minimum absolute atomic E-state index is 0.0291. The van der Waals surface area contributed by atoms with Crippen LogP contribution in [0.15, 0.2) is 18.2 Å². The Labute approximate surface area is 89.9 Å². The van der Waals surface area contributed by atoms with Crippen LogP contribution < -0.4 is 10.5 Å². The van der Waals surface area contributed by atoms with Gasteiger partial charge in [0.05, 0.1) is 7.11 Å². The van der Waals surface area contributed by atoms with Crippen molar-refractivity contribution in [3.8, 4) is 11.5 Å². The van der Waals surface area contributed by atoms with Crippen LogP contribution in [0.4, 0.5) is 0 Å². The zero-order valence-electron chi connectivity index (χ0n) is 9.16. The SMILES string of the molecule is COc1cccc(C2(C(C)N)CC2)c1O. The van der Waals surface area contributed by atoms with Crippen LogP contribution in [0.2, 0.25) is 0 Å². The van der Waals surface area contributed by atoms with E-state index in [0.717, 1.165) is 18.4 Å². The Kier molecular flexibility index (Phi) is 2.35. The van der Waals surface area contributed by atoms with Crippen molar-refractivity contribution in [1.29, 1.82) is 0 Å². The maximum atomic E-state index is 10.0.